The van der Waals surface area contributed by atoms with Gasteiger partial charge in [-0.1, -0.05) is 18.2 Å². The second-order valence-corrected chi connectivity index (χ2v) is 6.97. The van der Waals surface area contributed by atoms with Gasteiger partial charge in [0.25, 0.3) is 0 Å². The van der Waals surface area contributed by atoms with Gasteiger partial charge in [-0.05, 0) is 36.9 Å². The fourth-order valence-electron chi connectivity index (χ4n) is 3.49. The van der Waals surface area contributed by atoms with E-state index in [2.05, 4.69) is 15.6 Å². The number of aromatic nitrogens is 1. The Hall–Kier alpha value is -1.60. The second-order valence-electron chi connectivity index (χ2n) is 6.11. The van der Waals surface area contributed by atoms with Crippen molar-refractivity contribution in [3.63, 3.8) is 0 Å². The van der Waals surface area contributed by atoms with Crippen LogP contribution in [0.2, 0.25) is 0 Å². The van der Waals surface area contributed by atoms with Crippen LogP contribution in [-0.4, -0.2) is 24.6 Å². The van der Waals surface area contributed by atoms with Crippen LogP contribution in [0.5, 0.6) is 0 Å². The smallest absolute Gasteiger partial charge is 0.361 e. The Balaban J connectivity index is 1.48. The Morgan fingerprint density at radius 1 is 1.22 bits per heavy atom. The molecule has 23 heavy (non-hydrogen) atoms. The molecule has 0 bridgehead atoms. The number of rotatable bonds is 4. The van der Waals surface area contributed by atoms with Crippen molar-refractivity contribution in [3.05, 3.63) is 35.2 Å². The highest BCUT2D eigenvalue weighted by Crippen LogP contribution is 2.48. The lowest BCUT2D eigenvalue weighted by Crippen LogP contribution is -2.18. The molecule has 7 heteroatoms. The molecule has 4 rings (SSSR count). The summed E-state index contributed by atoms with van der Waals surface area (Å²) in [6, 6.07) is 5.58. The van der Waals surface area contributed by atoms with E-state index < -0.39 is 11.7 Å². The lowest BCUT2D eigenvalue weighted by atomic mass is 10.1. The summed E-state index contributed by atoms with van der Waals surface area (Å²) < 4.78 is 39.3. The molecule has 2 aromatic rings. The predicted octanol–water partition coefficient (Wildman–Crippen LogP) is 3.71. The molecule has 1 saturated heterocycles. The van der Waals surface area contributed by atoms with Crippen molar-refractivity contribution in [2.75, 3.05) is 25.0 Å². The third-order valence-corrected chi connectivity index (χ3v) is 5.57. The fraction of sp³-hybridized carbons (Fsp3) is 0.438. The zero-order chi connectivity index (χ0) is 16.0. The van der Waals surface area contributed by atoms with E-state index in [4.69, 9.17) is 0 Å². The normalized spacial score (nSPS) is 26.1. The Morgan fingerprint density at radius 3 is 2.70 bits per heavy atom. The van der Waals surface area contributed by atoms with Crippen molar-refractivity contribution in [3.8, 4) is 11.3 Å². The first-order chi connectivity index (χ1) is 11.0. The molecule has 1 aliphatic carbocycles. The molecule has 1 unspecified atom stereocenters. The molecule has 122 valence electrons. The van der Waals surface area contributed by atoms with Crippen LogP contribution < -0.4 is 10.6 Å². The Bertz CT molecular complexity index is 703. The van der Waals surface area contributed by atoms with Crippen molar-refractivity contribution in [1.29, 1.82) is 0 Å². The van der Waals surface area contributed by atoms with E-state index in [1.807, 2.05) is 0 Å². The minimum absolute atomic E-state index is 0.136. The number of benzene rings is 1. The average molecular weight is 339 g/mol. The summed E-state index contributed by atoms with van der Waals surface area (Å²) in [7, 11) is 0. The topological polar surface area (TPSA) is 37.0 Å². The summed E-state index contributed by atoms with van der Waals surface area (Å²) >= 11 is 1.36. The summed E-state index contributed by atoms with van der Waals surface area (Å²) in [5.74, 6) is 2.19. The molecule has 2 fully saturated rings. The molecule has 2 aliphatic rings. The lowest BCUT2D eigenvalue weighted by molar-refractivity contribution is -0.137. The quantitative estimate of drug-likeness (QED) is 0.892. The number of anilines is 1. The van der Waals surface area contributed by atoms with Gasteiger partial charge in [0, 0.05) is 17.5 Å². The summed E-state index contributed by atoms with van der Waals surface area (Å²) in [5, 5.41) is 9.00. The van der Waals surface area contributed by atoms with Crippen LogP contribution in [0.4, 0.5) is 18.3 Å². The summed E-state index contributed by atoms with van der Waals surface area (Å²) in [5.41, 5.74) is -0.125. The first kappa shape index (κ1) is 15.0. The number of fused-ring (bicyclic) bond motifs is 1. The second kappa shape index (κ2) is 5.49. The van der Waals surface area contributed by atoms with Gasteiger partial charge >= 0.3 is 6.18 Å². The van der Waals surface area contributed by atoms with Crippen LogP contribution >= 0.6 is 11.3 Å². The largest absolute Gasteiger partial charge is 0.417 e. The maximum Gasteiger partial charge on any atom is 0.417 e. The van der Waals surface area contributed by atoms with Gasteiger partial charge in [-0.15, -0.1) is 11.3 Å². The first-order valence-electron chi connectivity index (χ1n) is 7.61. The number of hydrogen-bond donors (Lipinski definition) is 2. The van der Waals surface area contributed by atoms with Gasteiger partial charge in [0.05, 0.1) is 11.3 Å². The third kappa shape index (κ3) is 2.83. The van der Waals surface area contributed by atoms with Crippen LogP contribution in [0, 0.1) is 17.8 Å². The van der Waals surface area contributed by atoms with Crippen LogP contribution in [0.25, 0.3) is 11.3 Å². The van der Waals surface area contributed by atoms with Gasteiger partial charge < -0.3 is 10.6 Å². The van der Waals surface area contributed by atoms with Crippen LogP contribution in [0.15, 0.2) is 29.6 Å². The van der Waals surface area contributed by atoms with Gasteiger partial charge in [-0.25, -0.2) is 4.98 Å². The van der Waals surface area contributed by atoms with E-state index in [0.29, 0.717) is 16.7 Å². The maximum absolute atomic E-state index is 13.1. The van der Waals surface area contributed by atoms with E-state index in [0.717, 1.165) is 37.5 Å². The molecule has 2 N–H and O–H groups in total. The summed E-state index contributed by atoms with van der Waals surface area (Å²) in [6.07, 6.45) is -4.37. The molecule has 2 heterocycles. The molecule has 1 aromatic heterocycles. The average Bonchev–Trinajstić information content (AvgIpc) is 2.93. The van der Waals surface area contributed by atoms with E-state index in [-0.39, 0.29) is 5.56 Å². The minimum Gasteiger partial charge on any atom is -0.361 e. The van der Waals surface area contributed by atoms with E-state index >= 15 is 0 Å². The minimum atomic E-state index is -4.37. The molecule has 1 saturated carbocycles. The molecule has 1 aromatic carbocycles. The Morgan fingerprint density at radius 2 is 1.96 bits per heavy atom. The number of halogens is 3. The predicted molar refractivity (Wildman–Crippen MR) is 84.4 cm³/mol. The highest BCUT2D eigenvalue weighted by molar-refractivity contribution is 7.14. The van der Waals surface area contributed by atoms with E-state index in [9.17, 15) is 13.2 Å². The number of alkyl halides is 3. The van der Waals surface area contributed by atoms with Crippen LogP contribution in [0.3, 0.4) is 0 Å². The standard InChI is InChI=1S/C16H16F3N3S/c17-16(18,19)13-4-2-1-3-9(13)14-8-23-15(22-14)21-7-12-10-5-20-6-11(10)12/h1-4,8,10-12,20H,5-7H2,(H,21,22)/t10-,11+,12?. The van der Waals surface area contributed by atoms with Crippen molar-refractivity contribution >= 4 is 16.5 Å². The Kier molecular flexibility index (Phi) is 3.57. The zero-order valence-electron chi connectivity index (χ0n) is 12.2. The maximum atomic E-state index is 13.1. The summed E-state index contributed by atoms with van der Waals surface area (Å²) in [6.45, 7) is 3.02. The number of hydrogen-bond acceptors (Lipinski definition) is 4. The lowest BCUT2D eigenvalue weighted by Gasteiger charge is -2.10. The molecular weight excluding hydrogens is 323 g/mol. The van der Waals surface area contributed by atoms with Gasteiger partial charge in [-0.2, -0.15) is 13.2 Å². The summed E-state index contributed by atoms with van der Waals surface area (Å²) in [4.78, 5) is 4.34. The third-order valence-electron chi connectivity index (χ3n) is 4.77. The SMILES string of the molecule is FC(F)(F)c1ccccc1-c1csc(NCC2[C@H]3CNC[C@@H]23)n1. The number of nitrogens with one attached hydrogen (secondary N) is 2. The zero-order valence-corrected chi connectivity index (χ0v) is 13.0. The van der Waals surface area contributed by atoms with Gasteiger partial charge in [0.1, 0.15) is 0 Å². The highest BCUT2D eigenvalue weighted by Gasteiger charge is 2.52. The van der Waals surface area contributed by atoms with Gasteiger partial charge in [0.15, 0.2) is 5.13 Å². The molecule has 0 spiro atoms. The first-order valence-corrected chi connectivity index (χ1v) is 8.49. The molecule has 0 radical (unpaired) electrons. The number of nitrogens with zero attached hydrogens (tertiary/aromatic N) is 1. The fourth-order valence-corrected chi connectivity index (χ4v) is 4.21. The molecule has 0 amide bonds. The van der Waals surface area contributed by atoms with Crippen molar-refractivity contribution < 1.29 is 13.2 Å². The van der Waals surface area contributed by atoms with Crippen LogP contribution in [0.1, 0.15) is 5.56 Å². The Labute approximate surface area is 135 Å². The molecule has 3 atom stereocenters. The molecule has 3 nitrogen and oxygen atoms in total. The van der Waals surface area contributed by atoms with Crippen molar-refractivity contribution in [2.45, 2.75) is 6.18 Å². The monoisotopic (exact) mass is 339 g/mol. The van der Waals surface area contributed by atoms with Gasteiger partial charge in [0.2, 0.25) is 0 Å². The van der Waals surface area contributed by atoms with Crippen molar-refractivity contribution in [2.24, 2.45) is 17.8 Å². The number of thiazole rings is 1. The van der Waals surface area contributed by atoms with Gasteiger partial charge in [-0.3, -0.25) is 0 Å². The molecular formula is C16H16F3N3S. The number of piperidine rings is 1. The molecule has 1 aliphatic heterocycles. The highest BCUT2D eigenvalue weighted by atomic mass is 32.1. The van der Waals surface area contributed by atoms with E-state index in [1.54, 1.807) is 11.4 Å². The van der Waals surface area contributed by atoms with Crippen molar-refractivity contribution in [1.82, 2.24) is 10.3 Å². The van der Waals surface area contributed by atoms with Crippen LogP contribution in [-0.2, 0) is 6.18 Å². The van der Waals surface area contributed by atoms with E-state index in [1.165, 1.54) is 23.5 Å².